The van der Waals surface area contributed by atoms with Crippen molar-refractivity contribution >= 4 is 23.8 Å². The Hall–Kier alpha value is -0.118. The van der Waals surface area contributed by atoms with Crippen molar-refractivity contribution in [3.63, 3.8) is 0 Å². The largest absolute Gasteiger partial charge is 0.183 e. The Labute approximate surface area is 173 Å². The number of aryl methyl sites for hydroxylation is 1. The third kappa shape index (κ3) is 4.94. The first-order valence-electron chi connectivity index (χ1n) is 6.63. The van der Waals surface area contributed by atoms with Crippen LogP contribution in [0, 0.1) is 19.1 Å². The van der Waals surface area contributed by atoms with E-state index in [2.05, 4.69) is 79.7 Å². The van der Waals surface area contributed by atoms with Crippen LogP contribution in [0.15, 0.2) is 72.8 Å². The quantitative estimate of drug-likeness (QED) is 0.349. The molecule has 3 aromatic carbocycles. The van der Waals surface area contributed by atoms with Crippen molar-refractivity contribution < 1.29 is 53.8 Å². The van der Waals surface area contributed by atoms with Gasteiger partial charge in [0.05, 0.1) is 0 Å². The molecule has 0 nitrogen and oxygen atoms in total. The topological polar surface area (TPSA) is 0 Å². The van der Waals surface area contributed by atoms with Crippen molar-refractivity contribution in [2.24, 2.45) is 0 Å². The van der Waals surface area contributed by atoms with Crippen LogP contribution in [-0.2, 0) is 53.8 Å². The molecular formula is C19H15PWY-2. The normalized spacial score (nSPS) is 9.73. The summed E-state index contributed by atoms with van der Waals surface area (Å²) in [6.07, 6.45) is 0. The predicted octanol–water partition coefficient (Wildman–Crippen LogP) is 3.35. The molecule has 0 N–H and O–H groups in total. The predicted molar refractivity (Wildman–Crippen MR) is 87.6 cm³/mol. The first-order chi connectivity index (χ1) is 9.84. The molecule has 1 radical (unpaired) electrons. The van der Waals surface area contributed by atoms with E-state index in [1.54, 1.807) is 0 Å². The summed E-state index contributed by atoms with van der Waals surface area (Å²) in [7, 11) is -0.525. The van der Waals surface area contributed by atoms with Gasteiger partial charge in [-0.05, 0) is 12.2 Å². The fourth-order valence-electron chi connectivity index (χ4n) is 2.26. The molecule has 0 atom stereocenters. The Morgan fingerprint density at radius 3 is 1.77 bits per heavy atom. The molecule has 0 amide bonds. The zero-order valence-electron chi connectivity index (χ0n) is 12.4. The fourth-order valence-corrected chi connectivity index (χ4v) is 4.60. The first-order valence-corrected chi connectivity index (χ1v) is 7.98. The molecule has 0 aromatic heterocycles. The summed E-state index contributed by atoms with van der Waals surface area (Å²) >= 11 is 0. The summed E-state index contributed by atoms with van der Waals surface area (Å²) in [6.45, 7) is 2.14. The second-order valence-electron chi connectivity index (χ2n) is 4.70. The van der Waals surface area contributed by atoms with E-state index in [9.17, 15) is 0 Å². The van der Waals surface area contributed by atoms with Crippen molar-refractivity contribution in [2.75, 3.05) is 0 Å². The van der Waals surface area contributed by atoms with Gasteiger partial charge in [0.25, 0.3) is 0 Å². The molecule has 0 fully saturated rings. The van der Waals surface area contributed by atoms with Crippen LogP contribution >= 0.6 is 7.92 Å². The van der Waals surface area contributed by atoms with Gasteiger partial charge in [-0.1, -0.05) is 29.8 Å². The molecule has 22 heavy (non-hydrogen) atoms. The average molecular weight is 547 g/mol. The van der Waals surface area contributed by atoms with Gasteiger partial charge in [0.1, 0.15) is 0 Å². The molecule has 0 unspecified atom stereocenters. The fraction of sp³-hybridized carbons (Fsp3) is 0.0526. The van der Waals surface area contributed by atoms with Crippen molar-refractivity contribution in [3.05, 3.63) is 90.5 Å². The number of rotatable bonds is 3. The molecule has 0 saturated heterocycles. The minimum absolute atomic E-state index is 0. The van der Waals surface area contributed by atoms with Gasteiger partial charge in [-0.3, -0.25) is 0 Å². The SMILES string of the molecule is Cc1cccc(P(c2c[c-]ccc2)c2c[c-]ccc2)c1.[W].[Y]. The van der Waals surface area contributed by atoms with Gasteiger partial charge in [0, 0.05) is 53.8 Å². The molecule has 0 aliphatic rings. The van der Waals surface area contributed by atoms with Crippen LogP contribution in [-0.4, -0.2) is 0 Å². The zero-order chi connectivity index (χ0) is 13.8. The standard InChI is InChI=1S/C19H15P.W.Y/c1-16-9-8-14-19(15-16)20(17-10-4-2-5-11-17)18-12-6-3-7-13-18;;/h2-4,6,8-15H,1H3;;/q-2;;. The van der Waals surface area contributed by atoms with Gasteiger partial charge in [0.2, 0.25) is 0 Å². The van der Waals surface area contributed by atoms with Gasteiger partial charge >= 0.3 is 0 Å². The van der Waals surface area contributed by atoms with Gasteiger partial charge in [-0.2, -0.15) is 60.7 Å². The monoisotopic (exact) mass is 547 g/mol. The van der Waals surface area contributed by atoms with Crippen molar-refractivity contribution in [1.82, 2.24) is 0 Å². The minimum Gasteiger partial charge on any atom is -0.183 e. The smallest absolute Gasteiger partial charge is 0 e. The number of hydrogen-bond donors (Lipinski definition) is 0. The van der Waals surface area contributed by atoms with Crippen LogP contribution in [0.5, 0.6) is 0 Å². The van der Waals surface area contributed by atoms with Gasteiger partial charge in [0.15, 0.2) is 0 Å². The molecular weight excluding hydrogens is 532 g/mol. The van der Waals surface area contributed by atoms with Gasteiger partial charge in [-0.25, -0.2) is 0 Å². The van der Waals surface area contributed by atoms with Crippen molar-refractivity contribution in [1.29, 1.82) is 0 Å². The maximum Gasteiger partial charge on any atom is 0 e. The minimum atomic E-state index is -0.525. The Morgan fingerprint density at radius 1 is 0.773 bits per heavy atom. The average Bonchev–Trinajstić information content (AvgIpc) is 2.50. The second kappa shape index (κ2) is 9.90. The molecule has 3 aromatic rings. The van der Waals surface area contributed by atoms with E-state index in [4.69, 9.17) is 0 Å². The molecule has 0 heterocycles. The Bertz CT molecular complexity index is 647. The van der Waals surface area contributed by atoms with Gasteiger partial charge < -0.3 is 0 Å². The summed E-state index contributed by atoms with van der Waals surface area (Å²) in [5, 5.41) is 4.03. The van der Waals surface area contributed by atoms with Crippen LogP contribution < -0.4 is 15.9 Å². The van der Waals surface area contributed by atoms with E-state index in [-0.39, 0.29) is 53.8 Å². The first kappa shape index (κ1) is 19.9. The van der Waals surface area contributed by atoms with E-state index in [1.165, 1.54) is 21.5 Å². The van der Waals surface area contributed by atoms with Crippen molar-refractivity contribution in [2.45, 2.75) is 6.92 Å². The summed E-state index contributed by atoms with van der Waals surface area (Å²) in [5.41, 5.74) is 1.30. The van der Waals surface area contributed by atoms with Crippen LogP contribution in [0.2, 0.25) is 0 Å². The van der Waals surface area contributed by atoms with E-state index in [0.717, 1.165) is 0 Å². The third-order valence-corrected chi connectivity index (χ3v) is 5.54. The molecule has 107 valence electrons. The molecule has 0 bridgehead atoms. The van der Waals surface area contributed by atoms with Gasteiger partial charge in [-0.15, -0.1) is 18.5 Å². The second-order valence-corrected chi connectivity index (χ2v) is 6.92. The maximum absolute atomic E-state index is 3.20. The van der Waals surface area contributed by atoms with E-state index < -0.39 is 7.92 Å². The third-order valence-electron chi connectivity index (χ3n) is 3.16. The van der Waals surface area contributed by atoms with Crippen LogP contribution in [0.1, 0.15) is 5.56 Å². The summed E-state index contributed by atoms with van der Waals surface area (Å²) in [5.74, 6) is 0. The van der Waals surface area contributed by atoms with Crippen LogP contribution in [0.25, 0.3) is 0 Å². The molecule has 0 aliphatic heterocycles. The number of benzene rings is 3. The van der Waals surface area contributed by atoms with E-state index in [1.807, 2.05) is 12.1 Å². The van der Waals surface area contributed by atoms with Crippen LogP contribution in [0.4, 0.5) is 0 Å². The molecule has 0 aliphatic carbocycles. The van der Waals surface area contributed by atoms with Crippen molar-refractivity contribution in [3.8, 4) is 0 Å². The van der Waals surface area contributed by atoms with E-state index >= 15 is 0 Å². The Kier molecular flexibility index (Phi) is 8.96. The molecule has 0 saturated carbocycles. The summed E-state index contributed by atoms with van der Waals surface area (Å²) in [6, 6.07) is 31.8. The molecule has 3 heteroatoms. The Morgan fingerprint density at radius 2 is 1.32 bits per heavy atom. The van der Waals surface area contributed by atoms with Crippen LogP contribution in [0.3, 0.4) is 0 Å². The maximum atomic E-state index is 3.20. The zero-order valence-corrected chi connectivity index (χ0v) is 19.0. The van der Waals surface area contributed by atoms with E-state index in [0.29, 0.717) is 0 Å². The summed E-state index contributed by atoms with van der Waals surface area (Å²) in [4.78, 5) is 0. The molecule has 3 rings (SSSR count). The summed E-state index contributed by atoms with van der Waals surface area (Å²) < 4.78 is 0. The number of hydrogen-bond acceptors (Lipinski definition) is 0. The molecule has 0 spiro atoms. The Balaban J connectivity index is 0.00000121.